The number of rotatable bonds is 4. The van der Waals surface area contributed by atoms with Crippen LogP contribution >= 0.6 is 11.6 Å². The molecule has 2 nitrogen and oxygen atoms in total. The number of hydrogen-bond donors (Lipinski definition) is 1. The van der Waals surface area contributed by atoms with Crippen LogP contribution in [0.5, 0.6) is 0 Å². The van der Waals surface area contributed by atoms with Gasteiger partial charge in [-0.25, -0.2) is 0 Å². The zero-order valence-electron chi connectivity index (χ0n) is 9.05. The summed E-state index contributed by atoms with van der Waals surface area (Å²) in [5.74, 6) is 1.89. The first kappa shape index (κ1) is 11.8. The molecule has 82 valence electrons. The molecule has 3 atom stereocenters. The van der Waals surface area contributed by atoms with Crippen LogP contribution in [-0.4, -0.2) is 18.3 Å². The van der Waals surface area contributed by atoms with Crippen molar-refractivity contribution in [1.29, 1.82) is 0 Å². The third-order valence-electron chi connectivity index (χ3n) is 3.26. The standard InChI is InChI=1S/C11H20ClNO/c1-8-4-3-5-10(8)7-13-11(14)9(2)6-12/h8-10H,3-7H2,1-2H3,(H,13,14). The minimum Gasteiger partial charge on any atom is -0.356 e. The van der Waals surface area contributed by atoms with Crippen LogP contribution < -0.4 is 5.32 Å². The number of alkyl halides is 1. The van der Waals surface area contributed by atoms with Crippen LogP contribution in [0.1, 0.15) is 33.1 Å². The van der Waals surface area contributed by atoms with E-state index in [4.69, 9.17) is 11.6 Å². The summed E-state index contributed by atoms with van der Waals surface area (Å²) in [6.45, 7) is 4.97. The maximum atomic E-state index is 11.4. The summed E-state index contributed by atoms with van der Waals surface area (Å²) in [4.78, 5) is 11.4. The molecule has 0 heterocycles. The average molecular weight is 218 g/mol. The molecule has 0 saturated heterocycles. The molecule has 0 bridgehead atoms. The highest BCUT2D eigenvalue weighted by Crippen LogP contribution is 2.30. The first-order valence-corrected chi connectivity index (χ1v) is 6.02. The lowest BCUT2D eigenvalue weighted by atomic mass is 9.98. The fourth-order valence-electron chi connectivity index (χ4n) is 2.00. The van der Waals surface area contributed by atoms with E-state index >= 15 is 0 Å². The first-order valence-electron chi connectivity index (χ1n) is 5.48. The summed E-state index contributed by atoms with van der Waals surface area (Å²) in [6.07, 6.45) is 3.88. The maximum Gasteiger partial charge on any atom is 0.224 e. The molecule has 0 aromatic carbocycles. The van der Waals surface area contributed by atoms with Gasteiger partial charge in [0.05, 0.1) is 0 Å². The van der Waals surface area contributed by atoms with Gasteiger partial charge < -0.3 is 5.32 Å². The van der Waals surface area contributed by atoms with Crippen LogP contribution in [-0.2, 0) is 4.79 Å². The fraction of sp³-hybridized carbons (Fsp3) is 0.909. The molecule has 1 amide bonds. The van der Waals surface area contributed by atoms with Crippen LogP contribution in [0.2, 0.25) is 0 Å². The van der Waals surface area contributed by atoms with Gasteiger partial charge in [0.1, 0.15) is 0 Å². The van der Waals surface area contributed by atoms with Gasteiger partial charge in [-0.1, -0.05) is 26.7 Å². The summed E-state index contributed by atoms with van der Waals surface area (Å²) in [7, 11) is 0. The Kier molecular flexibility index (Phi) is 4.73. The van der Waals surface area contributed by atoms with Crippen molar-refractivity contribution in [3.63, 3.8) is 0 Å². The molecule has 3 unspecified atom stereocenters. The van der Waals surface area contributed by atoms with Crippen molar-refractivity contribution >= 4 is 17.5 Å². The normalized spacial score (nSPS) is 28.8. The van der Waals surface area contributed by atoms with Crippen molar-refractivity contribution in [2.24, 2.45) is 17.8 Å². The molecule has 14 heavy (non-hydrogen) atoms. The van der Waals surface area contributed by atoms with Gasteiger partial charge in [0.2, 0.25) is 5.91 Å². The van der Waals surface area contributed by atoms with Gasteiger partial charge in [0, 0.05) is 18.3 Å². The van der Waals surface area contributed by atoms with Crippen molar-refractivity contribution in [1.82, 2.24) is 5.32 Å². The smallest absolute Gasteiger partial charge is 0.224 e. The molecule has 0 spiro atoms. The van der Waals surface area contributed by atoms with Crippen molar-refractivity contribution < 1.29 is 4.79 Å². The van der Waals surface area contributed by atoms with E-state index in [9.17, 15) is 4.79 Å². The lowest BCUT2D eigenvalue weighted by molar-refractivity contribution is -0.124. The van der Waals surface area contributed by atoms with E-state index in [1.54, 1.807) is 0 Å². The quantitative estimate of drug-likeness (QED) is 0.720. The fourth-order valence-corrected chi connectivity index (χ4v) is 2.14. The highest BCUT2D eigenvalue weighted by atomic mass is 35.5. The minimum atomic E-state index is -0.0617. The molecule has 1 N–H and O–H groups in total. The van der Waals surface area contributed by atoms with Gasteiger partial charge in [-0.3, -0.25) is 4.79 Å². The summed E-state index contributed by atoms with van der Waals surface area (Å²) >= 11 is 5.61. The van der Waals surface area contributed by atoms with E-state index in [2.05, 4.69) is 12.2 Å². The van der Waals surface area contributed by atoms with Gasteiger partial charge in [0.25, 0.3) is 0 Å². The van der Waals surface area contributed by atoms with Crippen LogP contribution in [0.25, 0.3) is 0 Å². The molecule has 1 rings (SSSR count). The Hall–Kier alpha value is -0.240. The highest BCUT2D eigenvalue weighted by Gasteiger charge is 2.24. The van der Waals surface area contributed by atoms with Crippen molar-refractivity contribution in [2.75, 3.05) is 12.4 Å². The van der Waals surface area contributed by atoms with E-state index in [0.29, 0.717) is 11.8 Å². The molecule has 1 fully saturated rings. The van der Waals surface area contributed by atoms with E-state index in [1.165, 1.54) is 19.3 Å². The van der Waals surface area contributed by atoms with Crippen molar-refractivity contribution in [3.8, 4) is 0 Å². The maximum absolute atomic E-state index is 11.4. The zero-order valence-corrected chi connectivity index (χ0v) is 9.81. The molecule has 1 saturated carbocycles. The Labute approximate surface area is 91.4 Å². The van der Waals surface area contributed by atoms with Crippen LogP contribution in [0.4, 0.5) is 0 Å². The molecular weight excluding hydrogens is 198 g/mol. The lowest BCUT2D eigenvalue weighted by Gasteiger charge is -2.17. The van der Waals surface area contributed by atoms with E-state index in [0.717, 1.165) is 12.5 Å². The molecule has 0 aliphatic heterocycles. The average Bonchev–Trinajstić information content (AvgIpc) is 2.59. The van der Waals surface area contributed by atoms with Crippen molar-refractivity contribution in [3.05, 3.63) is 0 Å². The Balaban J connectivity index is 2.22. The molecule has 3 heteroatoms. The number of carbonyl (C=O) groups is 1. The van der Waals surface area contributed by atoms with E-state index < -0.39 is 0 Å². The van der Waals surface area contributed by atoms with E-state index in [-0.39, 0.29) is 11.8 Å². The Morgan fingerprint density at radius 2 is 2.29 bits per heavy atom. The molecule has 0 aromatic heterocycles. The SMILES string of the molecule is CC(CCl)C(=O)NCC1CCCC1C. The molecule has 1 aliphatic rings. The molecular formula is C11H20ClNO. The Morgan fingerprint density at radius 1 is 1.57 bits per heavy atom. The molecule has 1 aliphatic carbocycles. The number of carbonyl (C=O) groups excluding carboxylic acids is 1. The number of hydrogen-bond acceptors (Lipinski definition) is 1. The second-order valence-corrected chi connectivity index (χ2v) is 4.78. The first-order chi connectivity index (χ1) is 6.65. The predicted molar refractivity (Wildman–Crippen MR) is 59.4 cm³/mol. The lowest BCUT2D eigenvalue weighted by Crippen LogP contribution is -2.34. The predicted octanol–water partition coefficient (Wildman–Crippen LogP) is 2.41. The van der Waals surface area contributed by atoms with Crippen molar-refractivity contribution in [2.45, 2.75) is 33.1 Å². The minimum absolute atomic E-state index is 0.0617. The summed E-state index contributed by atoms with van der Waals surface area (Å²) in [5, 5.41) is 2.98. The van der Waals surface area contributed by atoms with Gasteiger partial charge in [-0.15, -0.1) is 11.6 Å². The largest absolute Gasteiger partial charge is 0.356 e. The monoisotopic (exact) mass is 217 g/mol. The second-order valence-electron chi connectivity index (χ2n) is 4.47. The molecule has 0 radical (unpaired) electrons. The number of amides is 1. The number of nitrogens with one attached hydrogen (secondary N) is 1. The highest BCUT2D eigenvalue weighted by molar-refractivity contribution is 6.19. The second kappa shape index (κ2) is 5.59. The summed E-state index contributed by atoms with van der Waals surface area (Å²) in [6, 6.07) is 0. The summed E-state index contributed by atoms with van der Waals surface area (Å²) in [5.41, 5.74) is 0. The zero-order chi connectivity index (χ0) is 10.6. The Morgan fingerprint density at radius 3 is 2.79 bits per heavy atom. The topological polar surface area (TPSA) is 29.1 Å². The van der Waals surface area contributed by atoms with Gasteiger partial charge in [0.15, 0.2) is 0 Å². The van der Waals surface area contributed by atoms with Gasteiger partial charge in [-0.2, -0.15) is 0 Å². The van der Waals surface area contributed by atoms with Gasteiger partial charge >= 0.3 is 0 Å². The Bertz CT molecular complexity index is 196. The third-order valence-corrected chi connectivity index (χ3v) is 3.72. The van der Waals surface area contributed by atoms with E-state index in [1.807, 2.05) is 6.92 Å². The van der Waals surface area contributed by atoms with Crippen LogP contribution in [0, 0.1) is 17.8 Å². The van der Waals surface area contributed by atoms with Gasteiger partial charge in [-0.05, 0) is 18.3 Å². The van der Waals surface area contributed by atoms with Crippen LogP contribution in [0.15, 0.2) is 0 Å². The number of halogens is 1. The van der Waals surface area contributed by atoms with Crippen LogP contribution in [0.3, 0.4) is 0 Å². The summed E-state index contributed by atoms with van der Waals surface area (Å²) < 4.78 is 0. The molecule has 0 aromatic rings. The third kappa shape index (κ3) is 3.16.